The molecule has 3 rings (SSSR count). The van der Waals surface area contributed by atoms with Crippen LogP contribution in [0.3, 0.4) is 0 Å². The summed E-state index contributed by atoms with van der Waals surface area (Å²) in [4.78, 5) is 20.6. The maximum atomic E-state index is 9.10. The number of carboxylic acids is 2. The van der Waals surface area contributed by atoms with Gasteiger partial charge in [-0.2, -0.15) is 0 Å². The smallest absolute Gasteiger partial charge is 0.414 e. The Morgan fingerprint density at radius 3 is 2.10 bits per heavy atom. The third-order valence-electron chi connectivity index (χ3n) is 4.14. The van der Waals surface area contributed by atoms with Gasteiger partial charge in [0, 0.05) is 25.7 Å². The van der Waals surface area contributed by atoms with Gasteiger partial charge in [0.05, 0.1) is 12.2 Å². The number of hydrogen-bond acceptors (Lipinski definition) is 6. The molecule has 2 N–H and O–H groups in total. The summed E-state index contributed by atoms with van der Waals surface area (Å²) in [5.74, 6) is -1.21. The van der Waals surface area contributed by atoms with E-state index < -0.39 is 11.9 Å². The van der Waals surface area contributed by atoms with Gasteiger partial charge in [-0.15, -0.1) is 0 Å². The van der Waals surface area contributed by atoms with Crippen molar-refractivity contribution >= 4 is 11.9 Å². The predicted molar refractivity (Wildman–Crippen MR) is 110 cm³/mol. The summed E-state index contributed by atoms with van der Waals surface area (Å²) in [5, 5.41) is 14.8. The Bertz CT molecular complexity index is 790. The Labute approximate surface area is 175 Å². The molecule has 1 heterocycles. The van der Waals surface area contributed by atoms with E-state index in [0.29, 0.717) is 6.61 Å². The van der Waals surface area contributed by atoms with Crippen LogP contribution in [0, 0.1) is 0 Å². The van der Waals surface area contributed by atoms with Gasteiger partial charge in [0.2, 0.25) is 0 Å². The highest BCUT2D eigenvalue weighted by molar-refractivity contribution is 6.27. The van der Waals surface area contributed by atoms with Gasteiger partial charge in [-0.25, -0.2) is 9.59 Å². The lowest BCUT2D eigenvalue weighted by molar-refractivity contribution is -0.159. The first-order valence-electron chi connectivity index (χ1n) is 9.63. The average molecular weight is 417 g/mol. The normalized spacial score (nSPS) is 18.6. The summed E-state index contributed by atoms with van der Waals surface area (Å²) in [6, 6.07) is 17.5. The van der Waals surface area contributed by atoms with E-state index in [0.717, 1.165) is 36.9 Å². The van der Waals surface area contributed by atoms with E-state index in [1.54, 1.807) is 0 Å². The SMILES string of the molecule is CC1CN(CCOc2cccc(Oc3ccccc3)c2)CC(C)O1.O=C(O)C(=O)O. The molecule has 0 aliphatic carbocycles. The molecular weight excluding hydrogens is 390 g/mol. The average Bonchev–Trinajstić information content (AvgIpc) is 2.69. The number of aliphatic carboxylic acids is 2. The summed E-state index contributed by atoms with van der Waals surface area (Å²) in [7, 11) is 0. The van der Waals surface area contributed by atoms with Crippen LogP contribution in [-0.4, -0.2) is 65.5 Å². The molecule has 2 aromatic rings. The van der Waals surface area contributed by atoms with Gasteiger partial charge in [0.15, 0.2) is 0 Å². The number of benzene rings is 2. The quantitative estimate of drug-likeness (QED) is 0.691. The van der Waals surface area contributed by atoms with Crippen LogP contribution in [0.5, 0.6) is 17.2 Å². The summed E-state index contributed by atoms with van der Waals surface area (Å²) < 4.78 is 17.5. The van der Waals surface area contributed by atoms with Crippen LogP contribution >= 0.6 is 0 Å². The van der Waals surface area contributed by atoms with Crippen molar-refractivity contribution in [1.29, 1.82) is 0 Å². The molecule has 2 atom stereocenters. The molecule has 30 heavy (non-hydrogen) atoms. The minimum absolute atomic E-state index is 0.288. The highest BCUT2D eigenvalue weighted by Gasteiger charge is 2.21. The monoisotopic (exact) mass is 417 g/mol. The Morgan fingerprint density at radius 2 is 1.50 bits per heavy atom. The molecule has 1 aliphatic heterocycles. The highest BCUT2D eigenvalue weighted by Crippen LogP contribution is 2.25. The fourth-order valence-corrected chi connectivity index (χ4v) is 3.01. The molecule has 0 amide bonds. The minimum Gasteiger partial charge on any atom is -0.492 e. The van der Waals surface area contributed by atoms with E-state index >= 15 is 0 Å². The maximum Gasteiger partial charge on any atom is 0.414 e. The number of para-hydroxylation sites is 1. The third kappa shape index (κ3) is 8.50. The van der Waals surface area contributed by atoms with Crippen molar-refractivity contribution in [2.45, 2.75) is 26.1 Å². The van der Waals surface area contributed by atoms with Crippen LogP contribution in [0.1, 0.15) is 13.8 Å². The molecule has 1 saturated heterocycles. The second-order valence-electron chi connectivity index (χ2n) is 6.87. The van der Waals surface area contributed by atoms with Crippen molar-refractivity contribution < 1.29 is 34.0 Å². The van der Waals surface area contributed by atoms with Gasteiger partial charge in [-0.05, 0) is 38.1 Å². The molecule has 0 spiro atoms. The first-order valence-corrected chi connectivity index (χ1v) is 9.63. The van der Waals surface area contributed by atoms with Crippen molar-refractivity contribution in [2.75, 3.05) is 26.2 Å². The van der Waals surface area contributed by atoms with E-state index in [2.05, 4.69) is 18.7 Å². The number of nitrogens with zero attached hydrogens (tertiary/aromatic N) is 1. The fraction of sp³-hybridized carbons (Fsp3) is 0.364. The zero-order valence-corrected chi connectivity index (χ0v) is 17.1. The van der Waals surface area contributed by atoms with Crippen LogP contribution in [0.2, 0.25) is 0 Å². The number of rotatable bonds is 6. The maximum absolute atomic E-state index is 9.10. The number of hydrogen-bond donors (Lipinski definition) is 2. The standard InChI is InChI=1S/C20H25NO3.C2H2O4/c1-16-14-21(15-17(2)23-16)11-12-22-19-9-6-10-20(13-19)24-18-7-4-3-5-8-18;3-1(4)2(5)6/h3-10,13,16-17H,11-12,14-15H2,1-2H3;(H,3,4)(H,5,6). The van der Waals surface area contributed by atoms with Gasteiger partial charge in [0.1, 0.15) is 23.9 Å². The largest absolute Gasteiger partial charge is 0.492 e. The Kier molecular flexibility index (Phi) is 9.11. The summed E-state index contributed by atoms with van der Waals surface area (Å²) in [5.41, 5.74) is 0. The van der Waals surface area contributed by atoms with Gasteiger partial charge < -0.3 is 24.4 Å². The summed E-state index contributed by atoms with van der Waals surface area (Å²) in [6.45, 7) is 7.73. The van der Waals surface area contributed by atoms with E-state index in [9.17, 15) is 0 Å². The molecular formula is C22H27NO7. The molecule has 162 valence electrons. The van der Waals surface area contributed by atoms with Crippen LogP contribution in [-0.2, 0) is 14.3 Å². The topological polar surface area (TPSA) is 106 Å². The Balaban J connectivity index is 0.000000469. The highest BCUT2D eigenvalue weighted by atomic mass is 16.5. The van der Waals surface area contributed by atoms with E-state index in [1.165, 1.54) is 0 Å². The van der Waals surface area contributed by atoms with E-state index in [-0.39, 0.29) is 12.2 Å². The number of ether oxygens (including phenoxy) is 3. The van der Waals surface area contributed by atoms with Crippen LogP contribution in [0.15, 0.2) is 54.6 Å². The second-order valence-corrected chi connectivity index (χ2v) is 6.87. The first kappa shape index (κ1) is 23.2. The van der Waals surface area contributed by atoms with E-state index in [4.69, 9.17) is 34.0 Å². The van der Waals surface area contributed by atoms with Crippen LogP contribution in [0.25, 0.3) is 0 Å². The van der Waals surface area contributed by atoms with Crippen molar-refractivity contribution in [3.63, 3.8) is 0 Å². The Morgan fingerprint density at radius 1 is 0.933 bits per heavy atom. The van der Waals surface area contributed by atoms with E-state index in [1.807, 2.05) is 54.6 Å². The van der Waals surface area contributed by atoms with Gasteiger partial charge in [-0.1, -0.05) is 24.3 Å². The molecule has 8 nitrogen and oxygen atoms in total. The lowest BCUT2D eigenvalue weighted by atomic mass is 10.2. The molecule has 2 aromatic carbocycles. The van der Waals surface area contributed by atoms with Crippen molar-refractivity contribution in [2.24, 2.45) is 0 Å². The molecule has 0 aromatic heterocycles. The molecule has 0 bridgehead atoms. The molecule has 0 radical (unpaired) electrons. The molecule has 0 saturated carbocycles. The molecule has 1 aliphatic rings. The molecule has 1 fully saturated rings. The zero-order valence-electron chi connectivity index (χ0n) is 17.1. The number of carbonyl (C=O) groups is 2. The predicted octanol–water partition coefficient (Wildman–Crippen LogP) is 3.12. The lowest BCUT2D eigenvalue weighted by Crippen LogP contribution is -2.46. The van der Waals surface area contributed by atoms with Gasteiger partial charge >= 0.3 is 11.9 Å². The summed E-state index contributed by atoms with van der Waals surface area (Å²) in [6.07, 6.45) is 0.577. The fourth-order valence-electron chi connectivity index (χ4n) is 3.01. The zero-order chi connectivity index (χ0) is 21.9. The van der Waals surface area contributed by atoms with Gasteiger partial charge in [0.25, 0.3) is 0 Å². The van der Waals surface area contributed by atoms with Crippen LogP contribution < -0.4 is 9.47 Å². The third-order valence-corrected chi connectivity index (χ3v) is 4.14. The first-order chi connectivity index (χ1) is 14.3. The van der Waals surface area contributed by atoms with Crippen LogP contribution in [0.4, 0.5) is 0 Å². The van der Waals surface area contributed by atoms with Crippen molar-refractivity contribution in [3.8, 4) is 17.2 Å². The Hall–Kier alpha value is -3.10. The molecule has 8 heteroatoms. The molecule has 2 unspecified atom stereocenters. The second kappa shape index (κ2) is 11.8. The lowest BCUT2D eigenvalue weighted by Gasteiger charge is -2.35. The number of carboxylic acid groups (broad SMARTS) is 2. The van der Waals surface area contributed by atoms with Gasteiger partial charge in [-0.3, -0.25) is 4.90 Å². The summed E-state index contributed by atoms with van der Waals surface area (Å²) >= 11 is 0. The number of morpholine rings is 1. The van der Waals surface area contributed by atoms with Crippen molar-refractivity contribution in [1.82, 2.24) is 4.90 Å². The minimum atomic E-state index is -1.82. The van der Waals surface area contributed by atoms with Crippen molar-refractivity contribution in [3.05, 3.63) is 54.6 Å².